The molecule has 1 heterocycles. The lowest BCUT2D eigenvalue weighted by atomic mass is 10.1. The molecule has 6 heteroatoms. The SMILES string of the molecule is CCCC(=O)c1ccccc1.NN.O=C1CCNC1=O. The predicted molar refractivity (Wildman–Crippen MR) is 76.7 cm³/mol. The van der Waals surface area contributed by atoms with Crippen LogP contribution in [0.3, 0.4) is 0 Å². The van der Waals surface area contributed by atoms with Gasteiger partial charge < -0.3 is 5.32 Å². The fraction of sp³-hybridized carbons (Fsp3) is 0.357. The third-order valence-corrected chi connectivity index (χ3v) is 2.46. The number of rotatable bonds is 3. The second-order valence-electron chi connectivity index (χ2n) is 3.97. The van der Waals surface area contributed by atoms with Crippen LogP contribution in [0.25, 0.3) is 0 Å². The Morgan fingerprint density at radius 1 is 1.20 bits per heavy atom. The van der Waals surface area contributed by atoms with Crippen LogP contribution in [0.2, 0.25) is 0 Å². The van der Waals surface area contributed by atoms with Gasteiger partial charge in [0.15, 0.2) is 5.78 Å². The molecule has 0 spiro atoms. The van der Waals surface area contributed by atoms with Crippen molar-refractivity contribution in [3.63, 3.8) is 0 Å². The molecule has 0 saturated carbocycles. The topological polar surface area (TPSA) is 115 Å². The first-order chi connectivity index (χ1) is 9.65. The quantitative estimate of drug-likeness (QED) is 0.324. The summed E-state index contributed by atoms with van der Waals surface area (Å²) in [7, 11) is 0. The van der Waals surface area contributed by atoms with Gasteiger partial charge in [-0.05, 0) is 6.42 Å². The van der Waals surface area contributed by atoms with Crippen molar-refractivity contribution in [3.05, 3.63) is 35.9 Å². The molecule has 1 aliphatic heterocycles. The number of amides is 1. The van der Waals surface area contributed by atoms with Crippen LogP contribution in [0, 0.1) is 0 Å². The van der Waals surface area contributed by atoms with E-state index in [-0.39, 0.29) is 11.6 Å². The van der Waals surface area contributed by atoms with E-state index in [9.17, 15) is 14.4 Å². The second kappa shape index (κ2) is 10.8. The average molecular weight is 279 g/mol. The van der Waals surface area contributed by atoms with Crippen LogP contribution in [0.5, 0.6) is 0 Å². The molecule has 1 fully saturated rings. The van der Waals surface area contributed by atoms with Gasteiger partial charge in [-0.15, -0.1) is 0 Å². The molecule has 1 saturated heterocycles. The van der Waals surface area contributed by atoms with Crippen molar-refractivity contribution in [2.45, 2.75) is 26.2 Å². The van der Waals surface area contributed by atoms with Crippen molar-refractivity contribution >= 4 is 17.5 Å². The van der Waals surface area contributed by atoms with E-state index in [0.717, 1.165) is 12.0 Å². The van der Waals surface area contributed by atoms with E-state index in [4.69, 9.17) is 0 Å². The highest BCUT2D eigenvalue weighted by Gasteiger charge is 2.18. The van der Waals surface area contributed by atoms with Crippen molar-refractivity contribution in [1.29, 1.82) is 0 Å². The van der Waals surface area contributed by atoms with Gasteiger partial charge in [-0.2, -0.15) is 0 Å². The molecule has 1 aromatic rings. The lowest BCUT2D eigenvalue weighted by Gasteiger charge is -1.96. The lowest BCUT2D eigenvalue weighted by molar-refractivity contribution is -0.135. The molecule has 6 nitrogen and oxygen atoms in total. The number of nitrogens with two attached hydrogens (primary N) is 2. The van der Waals surface area contributed by atoms with Crippen LogP contribution in [0.4, 0.5) is 0 Å². The lowest BCUT2D eigenvalue weighted by Crippen LogP contribution is -2.18. The molecule has 1 aliphatic rings. The normalized spacial score (nSPS) is 12.6. The Bertz CT molecular complexity index is 419. The van der Waals surface area contributed by atoms with Gasteiger partial charge in [0.05, 0.1) is 0 Å². The number of benzene rings is 1. The number of hydrogen-bond acceptors (Lipinski definition) is 5. The summed E-state index contributed by atoms with van der Waals surface area (Å²) in [6, 6.07) is 9.42. The average Bonchev–Trinajstić information content (AvgIpc) is 2.87. The zero-order valence-electron chi connectivity index (χ0n) is 11.6. The molecule has 1 aromatic carbocycles. The molecule has 1 amide bonds. The second-order valence-corrected chi connectivity index (χ2v) is 3.97. The van der Waals surface area contributed by atoms with Crippen LogP contribution in [-0.4, -0.2) is 24.0 Å². The predicted octanol–water partition coefficient (Wildman–Crippen LogP) is 0.564. The number of hydrogen-bond donors (Lipinski definition) is 3. The van der Waals surface area contributed by atoms with Crippen LogP contribution >= 0.6 is 0 Å². The summed E-state index contributed by atoms with van der Waals surface area (Å²) < 4.78 is 0. The van der Waals surface area contributed by atoms with E-state index in [1.165, 1.54) is 0 Å². The zero-order valence-corrected chi connectivity index (χ0v) is 11.6. The van der Waals surface area contributed by atoms with Gasteiger partial charge >= 0.3 is 0 Å². The van der Waals surface area contributed by atoms with E-state index in [1.807, 2.05) is 37.3 Å². The summed E-state index contributed by atoms with van der Waals surface area (Å²) in [6.45, 7) is 2.54. The van der Waals surface area contributed by atoms with Gasteiger partial charge in [0.1, 0.15) is 0 Å². The third kappa shape index (κ3) is 6.77. The summed E-state index contributed by atoms with van der Waals surface area (Å²) in [5, 5.41) is 2.38. The standard InChI is InChI=1S/C10H12O.C4H5NO2.H4N2/c1-2-6-10(11)9-7-4-3-5-8-9;6-3-1-2-5-4(3)7;1-2/h3-5,7-8H,2,6H2,1H3;1-2H2,(H,5,7);1-2H2. The minimum Gasteiger partial charge on any atom is -0.349 e. The fourth-order valence-corrected chi connectivity index (χ4v) is 1.50. The summed E-state index contributed by atoms with van der Waals surface area (Å²) in [4.78, 5) is 31.5. The van der Waals surface area contributed by atoms with E-state index < -0.39 is 5.91 Å². The highest BCUT2D eigenvalue weighted by molar-refractivity contribution is 6.37. The van der Waals surface area contributed by atoms with Crippen LogP contribution in [0.15, 0.2) is 30.3 Å². The molecule has 5 N–H and O–H groups in total. The van der Waals surface area contributed by atoms with Crippen LogP contribution in [-0.2, 0) is 9.59 Å². The molecule has 0 bridgehead atoms. The number of hydrazine groups is 1. The van der Waals surface area contributed by atoms with Crippen LogP contribution in [0.1, 0.15) is 36.5 Å². The highest BCUT2D eigenvalue weighted by atomic mass is 16.2. The molecule has 2 rings (SSSR count). The van der Waals surface area contributed by atoms with Gasteiger partial charge in [-0.3, -0.25) is 26.1 Å². The van der Waals surface area contributed by atoms with Gasteiger partial charge in [0, 0.05) is 24.9 Å². The van der Waals surface area contributed by atoms with E-state index in [2.05, 4.69) is 17.0 Å². The smallest absolute Gasteiger partial charge is 0.287 e. The zero-order chi connectivity index (χ0) is 15.4. The Balaban J connectivity index is 0.000000345. The van der Waals surface area contributed by atoms with Crippen molar-refractivity contribution in [2.75, 3.05) is 6.54 Å². The summed E-state index contributed by atoms with van der Waals surface area (Å²) in [5.74, 6) is 7.52. The Morgan fingerprint density at radius 3 is 2.15 bits per heavy atom. The Labute approximate surface area is 118 Å². The van der Waals surface area contributed by atoms with Crippen molar-refractivity contribution < 1.29 is 14.4 Å². The Kier molecular flexibility index (Phi) is 9.72. The maximum absolute atomic E-state index is 11.2. The van der Waals surface area contributed by atoms with Gasteiger partial charge in [-0.25, -0.2) is 0 Å². The first-order valence-electron chi connectivity index (χ1n) is 6.37. The molecule has 0 aromatic heterocycles. The summed E-state index contributed by atoms with van der Waals surface area (Å²) in [6.07, 6.45) is 1.95. The van der Waals surface area contributed by atoms with Crippen molar-refractivity contribution in [2.24, 2.45) is 11.7 Å². The largest absolute Gasteiger partial charge is 0.349 e. The molecular formula is C14H21N3O3. The number of carbonyl (C=O) groups excluding carboxylic acids is 3. The molecule has 0 radical (unpaired) electrons. The molecule has 0 unspecified atom stereocenters. The first-order valence-corrected chi connectivity index (χ1v) is 6.37. The van der Waals surface area contributed by atoms with Gasteiger partial charge in [-0.1, -0.05) is 37.3 Å². The number of nitrogens with one attached hydrogen (secondary N) is 1. The van der Waals surface area contributed by atoms with Gasteiger partial charge in [0.25, 0.3) is 5.91 Å². The number of ketones is 2. The molecule has 110 valence electrons. The minimum absolute atomic E-state index is 0.244. The third-order valence-electron chi connectivity index (χ3n) is 2.46. The Morgan fingerprint density at radius 2 is 1.80 bits per heavy atom. The maximum Gasteiger partial charge on any atom is 0.287 e. The fourth-order valence-electron chi connectivity index (χ4n) is 1.50. The van der Waals surface area contributed by atoms with E-state index in [0.29, 0.717) is 19.4 Å². The molecule has 20 heavy (non-hydrogen) atoms. The van der Waals surface area contributed by atoms with Crippen LogP contribution < -0.4 is 17.0 Å². The number of carbonyl (C=O) groups is 3. The van der Waals surface area contributed by atoms with E-state index in [1.54, 1.807) is 0 Å². The molecular weight excluding hydrogens is 258 g/mol. The highest BCUT2D eigenvalue weighted by Crippen LogP contribution is 2.03. The van der Waals surface area contributed by atoms with Gasteiger partial charge in [0.2, 0.25) is 5.78 Å². The summed E-state index contributed by atoms with van der Waals surface area (Å²) >= 11 is 0. The Hall–Kier alpha value is -2.05. The van der Waals surface area contributed by atoms with E-state index >= 15 is 0 Å². The summed E-state index contributed by atoms with van der Waals surface area (Å²) in [5.41, 5.74) is 0.828. The first kappa shape index (κ1) is 17.9. The molecule has 0 atom stereocenters. The number of Topliss-reactive ketones (excluding diaryl/α,β-unsaturated/α-hetero) is 2. The maximum atomic E-state index is 11.2. The van der Waals surface area contributed by atoms with Crippen molar-refractivity contribution in [1.82, 2.24) is 5.32 Å². The monoisotopic (exact) mass is 279 g/mol. The minimum atomic E-state index is -0.431. The molecule has 0 aliphatic carbocycles. The van der Waals surface area contributed by atoms with Crippen molar-refractivity contribution in [3.8, 4) is 0 Å².